The molecule has 0 bridgehead atoms. The smallest absolute Gasteiger partial charge is 0.203 e. The number of aromatic nitrogens is 2. The molecular formula is C2H2IN3S. The average molecular weight is 227 g/mol. The van der Waals surface area contributed by atoms with Gasteiger partial charge in [-0.05, 0) is 22.6 Å². The Hall–Kier alpha value is 0.0900. The van der Waals surface area contributed by atoms with Gasteiger partial charge in [0, 0.05) is 0 Å². The number of rotatable bonds is 0. The van der Waals surface area contributed by atoms with Crippen LogP contribution in [-0.2, 0) is 0 Å². The molecule has 2 N–H and O–H groups in total. The number of nitrogens with zero attached hydrogens (tertiary/aromatic N) is 2. The first kappa shape index (κ1) is 5.23. The largest absolute Gasteiger partial charge is 0.374 e. The zero-order valence-corrected chi connectivity index (χ0v) is 6.23. The van der Waals surface area contributed by atoms with Gasteiger partial charge in [-0.15, -0.1) is 10.2 Å². The van der Waals surface area contributed by atoms with Gasteiger partial charge in [-0.1, -0.05) is 11.3 Å². The zero-order chi connectivity index (χ0) is 5.28. The van der Waals surface area contributed by atoms with Crippen LogP contribution in [0, 0.1) is 3.01 Å². The third kappa shape index (κ3) is 1.23. The molecule has 0 aliphatic heterocycles. The summed E-state index contributed by atoms with van der Waals surface area (Å²) in [6, 6.07) is 0. The topological polar surface area (TPSA) is 51.8 Å². The van der Waals surface area contributed by atoms with Crippen LogP contribution < -0.4 is 5.73 Å². The van der Waals surface area contributed by atoms with Crippen LogP contribution in [0.25, 0.3) is 0 Å². The highest BCUT2D eigenvalue weighted by molar-refractivity contribution is 14.1. The fourth-order valence-corrected chi connectivity index (χ4v) is 1.34. The Bertz CT molecular complexity index is 145. The molecule has 0 aromatic carbocycles. The van der Waals surface area contributed by atoms with E-state index in [1.54, 1.807) is 0 Å². The van der Waals surface area contributed by atoms with Crippen molar-refractivity contribution in [3.63, 3.8) is 0 Å². The molecule has 38 valence electrons. The van der Waals surface area contributed by atoms with Crippen molar-refractivity contribution in [3.8, 4) is 0 Å². The molecule has 0 saturated carbocycles. The number of anilines is 1. The summed E-state index contributed by atoms with van der Waals surface area (Å²) < 4.78 is 0.884. The van der Waals surface area contributed by atoms with Crippen molar-refractivity contribution in [1.82, 2.24) is 10.2 Å². The number of halogens is 1. The lowest BCUT2D eigenvalue weighted by molar-refractivity contribution is 1.08. The molecule has 1 rings (SSSR count). The second-order valence-electron chi connectivity index (χ2n) is 0.893. The van der Waals surface area contributed by atoms with Crippen molar-refractivity contribution in [2.24, 2.45) is 0 Å². The standard InChI is InChI=1S/C2H2IN3S/c3-1-5-6-2(4)7-1/h(H2,4,6). The Morgan fingerprint density at radius 1 is 1.57 bits per heavy atom. The molecule has 0 spiro atoms. The van der Waals surface area contributed by atoms with Crippen LogP contribution in [0.5, 0.6) is 0 Å². The van der Waals surface area contributed by atoms with E-state index in [1.807, 2.05) is 0 Å². The van der Waals surface area contributed by atoms with Gasteiger partial charge in [0.25, 0.3) is 0 Å². The first-order valence-electron chi connectivity index (χ1n) is 1.53. The maximum Gasteiger partial charge on any atom is 0.203 e. The van der Waals surface area contributed by atoms with E-state index < -0.39 is 0 Å². The highest BCUT2D eigenvalue weighted by Gasteiger charge is 1.90. The summed E-state index contributed by atoms with van der Waals surface area (Å²) in [6.45, 7) is 0. The van der Waals surface area contributed by atoms with Crippen LogP contribution in [-0.4, -0.2) is 10.2 Å². The predicted molar refractivity (Wildman–Crippen MR) is 37.0 cm³/mol. The summed E-state index contributed by atoms with van der Waals surface area (Å²) in [6.07, 6.45) is 0. The molecule has 0 aliphatic rings. The zero-order valence-electron chi connectivity index (χ0n) is 3.26. The summed E-state index contributed by atoms with van der Waals surface area (Å²) in [5.74, 6) is 0. The molecule has 0 radical (unpaired) electrons. The van der Waals surface area contributed by atoms with Crippen LogP contribution in [0.4, 0.5) is 5.13 Å². The van der Waals surface area contributed by atoms with Gasteiger partial charge in [0.2, 0.25) is 5.13 Å². The predicted octanol–water partition coefficient (Wildman–Crippen LogP) is 0.725. The van der Waals surface area contributed by atoms with E-state index in [1.165, 1.54) is 11.3 Å². The molecule has 5 heteroatoms. The van der Waals surface area contributed by atoms with Crippen molar-refractivity contribution in [2.45, 2.75) is 0 Å². The molecule has 0 amide bonds. The molecule has 1 aromatic rings. The molecule has 0 saturated heterocycles. The second kappa shape index (κ2) is 1.91. The van der Waals surface area contributed by atoms with Crippen LogP contribution in [0.3, 0.4) is 0 Å². The minimum atomic E-state index is 0.532. The molecular weight excluding hydrogens is 225 g/mol. The maximum atomic E-state index is 5.22. The summed E-state index contributed by atoms with van der Waals surface area (Å²) in [5.41, 5.74) is 5.22. The molecule has 0 unspecified atom stereocenters. The third-order valence-corrected chi connectivity index (χ3v) is 1.83. The Balaban J connectivity index is 3.04. The van der Waals surface area contributed by atoms with E-state index in [0.29, 0.717) is 5.13 Å². The third-order valence-electron chi connectivity index (χ3n) is 0.416. The van der Waals surface area contributed by atoms with E-state index in [0.717, 1.165) is 3.01 Å². The first-order valence-corrected chi connectivity index (χ1v) is 3.43. The lowest BCUT2D eigenvalue weighted by Crippen LogP contribution is -1.79. The van der Waals surface area contributed by atoms with Crippen molar-refractivity contribution >= 4 is 39.1 Å². The van der Waals surface area contributed by atoms with E-state index >= 15 is 0 Å². The lowest BCUT2D eigenvalue weighted by atomic mass is 11.3. The molecule has 1 heterocycles. The monoisotopic (exact) mass is 227 g/mol. The minimum Gasteiger partial charge on any atom is -0.374 e. The summed E-state index contributed by atoms with van der Waals surface area (Å²) >= 11 is 3.45. The van der Waals surface area contributed by atoms with Gasteiger partial charge in [-0.2, -0.15) is 0 Å². The van der Waals surface area contributed by atoms with Crippen LogP contribution in [0.1, 0.15) is 0 Å². The van der Waals surface area contributed by atoms with E-state index in [9.17, 15) is 0 Å². The van der Waals surface area contributed by atoms with Gasteiger partial charge < -0.3 is 5.73 Å². The molecule has 0 aliphatic carbocycles. The van der Waals surface area contributed by atoms with Gasteiger partial charge in [-0.3, -0.25) is 0 Å². The van der Waals surface area contributed by atoms with Gasteiger partial charge in [0.15, 0.2) is 3.01 Å². The Morgan fingerprint density at radius 2 is 2.29 bits per heavy atom. The van der Waals surface area contributed by atoms with Crippen LogP contribution in [0.15, 0.2) is 0 Å². The van der Waals surface area contributed by atoms with Crippen LogP contribution >= 0.6 is 33.9 Å². The highest BCUT2D eigenvalue weighted by atomic mass is 127. The first-order chi connectivity index (χ1) is 3.29. The minimum absolute atomic E-state index is 0.532. The van der Waals surface area contributed by atoms with Gasteiger partial charge >= 0.3 is 0 Å². The lowest BCUT2D eigenvalue weighted by Gasteiger charge is -1.65. The summed E-state index contributed by atoms with van der Waals surface area (Å²) in [7, 11) is 0. The van der Waals surface area contributed by atoms with Gasteiger partial charge in [0.1, 0.15) is 0 Å². The van der Waals surface area contributed by atoms with Crippen molar-refractivity contribution in [1.29, 1.82) is 0 Å². The van der Waals surface area contributed by atoms with E-state index in [2.05, 4.69) is 32.8 Å². The van der Waals surface area contributed by atoms with Gasteiger partial charge in [-0.25, -0.2) is 0 Å². The normalized spacial score (nSPS) is 9.29. The van der Waals surface area contributed by atoms with Crippen molar-refractivity contribution in [2.75, 3.05) is 5.73 Å². The fraction of sp³-hybridized carbons (Fsp3) is 0. The van der Waals surface area contributed by atoms with Gasteiger partial charge in [0.05, 0.1) is 0 Å². The Labute approximate surface area is 58.1 Å². The summed E-state index contributed by atoms with van der Waals surface area (Å²) in [5, 5.41) is 7.73. The maximum absolute atomic E-state index is 5.22. The molecule has 0 atom stereocenters. The number of hydrogen-bond donors (Lipinski definition) is 1. The molecule has 3 nitrogen and oxygen atoms in total. The number of hydrogen-bond acceptors (Lipinski definition) is 4. The number of nitrogen functional groups attached to an aromatic ring is 1. The highest BCUT2D eigenvalue weighted by Crippen LogP contribution is 2.11. The SMILES string of the molecule is Nc1nnc(I)s1. The van der Waals surface area contributed by atoms with E-state index in [-0.39, 0.29) is 0 Å². The Kier molecular flexibility index (Phi) is 1.43. The Morgan fingerprint density at radius 3 is 2.43 bits per heavy atom. The fourth-order valence-electron chi connectivity index (χ4n) is 0.216. The summed E-state index contributed by atoms with van der Waals surface area (Å²) in [4.78, 5) is 0. The second-order valence-corrected chi connectivity index (χ2v) is 3.66. The van der Waals surface area contributed by atoms with Crippen molar-refractivity contribution in [3.05, 3.63) is 3.01 Å². The quantitative estimate of drug-likeness (QED) is 0.664. The number of nitrogens with two attached hydrogens (primary N) is 1. The van der Waals surface area contributed by atoms with Crippen LogP contribution in [0.2, 0.25) is 0 Å². The molecule has 0 fully saturated rings. The van der Waals surface area contributed by atoms with Crippen molar-refractivity contribution < 1.29 is 0 Å². The molecule has 7 heavy (non-hydrogen) atoms. The molecule has 1 aromatic heterocycles. The van der Waals surface area contributed by atoms with E-state index in [4.69, 9.17) is 5.73 Å². The average Bonchev–Trinajstić information content (AvgIpc) is 1.87.